The summed E-state index contributed by atoms with van der Waals surface area (Å²) in [7, 11) is 0. The van der Waals surface area contributed by atoms with Crippen molar-refractivity contribution >= 4 is 22.9 Å². The Morgan fingerprint density at radius 3 is 2.62 bits per heavy atom. The van der Waals surface area contributed by atoms with Gasteiger partial charge in [0.1, 0.15) is 0 Å². The molecule has 5 nitrogen and oxygen atoms in total. The van der Waals surface area contributed by atoms with Crippen LogP contribution in [0.25, 0.3) is 10.8 Å². The molecule has 0 radical (unpaired) electrons. The average molecular weight is 320 g/mol. The lowest BCUT2D eigenvalue weighted by Crippen LogP contribution is -2.19. The standard InChI is InChI=1S/C19H16N2O3/c22-17-9-8-13(10-18(17)23)12-20-21-19(24)11-15-6-3-5-14-4-1-2-7-16(14)15/h1-10,12,22-23H,11H2,(H,21,24)/b20-12-. The highest BCUT2D eigenvalue weighted by Gasteiger charge is 2.06. The second-order valence-electron chi connectivity index (χ2n) is 5.36. The molecule has 3 rings (SSSR count). The number of fused-ring (bicyclic) bond motifs is 1. The van der Waals surface area contributed by atoms with Crippen molar-refractivity contribution in [3.8, 4) is 11.5 Å². The van der Waals surface area contributed by atoms with Crippen LogP contribution in [0.2, 0.25) is 0 Å². The molecule has 0 aromatic heterocycles. The van der Waals surface area contributed by atoms with Gasteiger partial charge in [0.05, 0.1) is 12.6 Å². The molecule has 0 aliphatic rings. The van der Waals surface area contributed by atoms with Gasteiger partial charge in [-0.25, -0.2) is 5.43 Å². The number of hydrogen-bond acceptors (Lipinski definition) is 4. The van der Waals surface area contributed by atoms with Gasteiger partial charge in [0.2, 0.25) is 5.91 Å². The predicted octanol–water partition coefficient (Wildman–Crippen LogP) is 2.94. The number of rotatable bonds is 4. The van der Waals surface area contributed by atoms with Gasteiger partial charge in [0.15, 0.2) is 11.5 Å². The van der Waals surface area contributed by atoms with Crippen molar-refractivity contribution in [3.05, 3.63) is 71.8 Å². The number of phenols is 2. The van der Waals surface area contributed by atoms with Gasteiger partial charge in [-0.05, 0) is 40.1 Å². The summed E-state index contributed by atoms with van der Waals surface area (Å²) in [6.45, 7) is 0. The molecule has 0 saturated heterocycles. The second kappa shape index (κ2) is 6.83. The van der Waals surface area contributed by atoms with Gasteiger partial charge in [-0.1, -0.05) is 42.5 Å². The van der Waals surface area contributed by atoms with Crippen molar-refractivity contribution in [1.29, 1.82) is 0 Å². The highest BCUT2D eigenvalue weighted by molar-refractivity contribution is 5.90. The Morgan fingerprint density at radius 1 is 1.00 bits per heavy atom. The highest BCUT2D eigenvalue weighted by Crippen LogP contribution is 2.24. The van der Waals surface area contributed by atoms with E-state index in [1.165, 1.54) is 18.3 Å². The molecule has 1 amide bonds. The van der Waals surface area contributed by atoms with Gasteiger partial charge in [0.25, 0.3) is 0 Å². The van der Waals surface area contributed by atoms with Crippen LogP contribution in [0, 0.1) is 0 Å². The number of amides is 1. The lowest BCUT2D eigenvalue weighted by atomic mass is 10.0. The third-order valence-electron chi connectivity index (χ3n) is 3.63. The first-order valence-corrected chi connectivity index (χ1v) is 7.44. The molecule has 5 heteroatoms. The van der Waals surface area contributed by atoms with Crippen LogP contribution >= 0.6 is 0 Å². The van der Waals surface area contributed by atoms with Crippen molar-refractivity contribution in [3.63, 3.8) is 0 Å². The van der Waals surface area contributed by atoms with Crippen molar-refractivity contribution < 1.29 is 15.0 Å². The normalized spacial score (nSPS) is 11.0. The van der Waals surface area contributed by atoms with E-state index in [0.717, 1.165) is 16.3 Å². The first kappa shape index (κ1) is 15.6. The molecule has 0 unspecified atom stereocenters. The van der Waals surface area contributed by atoms with Crippen LogP contribution in [0.1, 0.15) is 11.1 Å². The van der Waals surface area contributed by atoms with Crippen LogP contribution in [0.15, 0.2) is 65.8 Å². The number of hydrogen-bond donors (Lipinski definition) is 3. The average Bonchev–Trinajstić information content (AvgIpc) is 2.58. The Kier molecular flexibility index (Phi) is 4.43. The Labute approximate surface area is 138 Å². The van der Waals surface area contributed by atoms with Gasteiger partial charge in [-0.15, -0.1) is 0 Å². The fourth-order valence-electron chi connectivity index (χ4n) is 2.46. The van der Waals surface area contributed by atoms with Crippen molar-refractivity contribution in [2.24, 2.45) is 5.10 Å². The predicted molar refractivity (Wildman–Crippen MR) is 93.2 cm³/mol. The number of carbonyl (C=O) groups excluding carboxylic acids is 1. The number of nitrogens with zero attached hydrogens (tertiary/aromatic N) is 1. The van der Waals surface area contributed by atoms with E-state index in [0.29, 0.717) is 5.56 Å². The lowest BCUT2D eigenvalue weighted by molar-refractivity contribution is -0.120. The lowest BCUT2D eigenvalue weighted by Gasteiger charge is -2.05. The van der Waals surface area contributed by atoms with E-state index in [9.17, 15) is 15.0 Å². The van der Waals surface area contributed by atoms with Crippen LogP contribution in [-0.2, 0) is 11.2 Å². The molecular weight excluding hydrogens is 304 g/mol. The molecule has 0 atom stereocenters. The quantitative estimate of drug-likeness (QED) is 0.393. The number of phenolic OH excluding ortho intramolecular Hbond substituents is 2. The molecular formula is C19H16N2O3. The van der Waals surface area contributed by atoms with E-state index in [4.69, 9.17) is 0 Å². The van der Waals surface area contributed by atoms with Crippen molar-refractivity contribution in [1.82, 2.24) is 5.43 Å². The Hall–Kier alpha value is -3.34. The van der Waals surface area contributed by atoms with E-state index in [1.54, 1.807) is 6.07 Å². The van der Waals surface area contributed by atoms with E-state index < -0.39 is 0 Å². The second-order valence-corrected chi connectivity index (χ2v) is 5.36. The fraction of sp³-hybridized carbons (Fsp3) is 0.0526. The summed E-state index contributed by atoms with van der Waals surface area (Å²) in [5.41, 5.74) is 3.96. The highest BCUT2D eigenvalue weighted by atomic mass is 16.3. The summed E-state index contributed by atoms with van der Waals surface area (Å²) < 4.78 is 0. The number of nitrogens with one attached hydrogen (secondary N) is 1. The summed E-state index contributed by atoms with van der Waals surface area (Å²) in [4.78, 5) is 12.1. The molecule has 0 spiro atoms. The zero-order valence-electron chi connectivity index (χ0n) is 12.8. The van der Waals surface area contributed by atoms with Crippen LogP contribution in [0.5, 0.6) is 11.5 Å². The number of carbonyl (C=O) groups is 1. The Bertz CT molecular complexity index is 914. The largest absolute Gasteiger partial charge is 0.504 e. The van der Waals surface area contributed by atoms with Gasteiger partial charge >= 0.3 is 0 Å². The van der Waals surface area contributed by atoms with E-state index in [2.05, 4.69) is 10.5 Å². The maximum atomic E-state index is 12.1. The smallest absolute Gasteiger partial charge is 0.244 e. The summed E-state index contributed by atoms with van der Waals surface area (Å²) in [6, 6.07) is 18.0. The molecule has 3 aromatic carbocycles. The molecule has 0 heterocycles. The fourth-order valence-corrected chi connectivity index (χ4v) is 2.46. The van der Waals surface area contributed by atoms with E-state index in [-0.39, 0.29) is 23.8 Å². The first-order valence-electron chi connectivity index (χ1n) is 7.44. The summed E-state index contributed by atoms with van der Waals surface area (Å²) in [5.74, 6) is -0.668. The minimum atomic E-state index is -0.235. The Morgan fingerprint density at radius 2 is 1.79 bits per heavy atom. The van der Waals surface area contributed by atoms with Crippen LogP contribution in [0.4, 0.5) is 0 Å². The Balaban J connectivity index is 1.67. The molecule has 3 aromatic rings. The van der Waals surface area contributed by atoms with Crippen LogP contribution < -0.4 is 5.43 Å². The van der Waals surface area contributed by atoms with Crippen molar-refractivity contribution in [2.75, 3.05) is 0 Å². The van der Waals surface area contributed by atoms with Crippen LogP contribution in [-0.4, -0.2) is 22.3 Å². The number of benzene rings is 3. The van der Waals surface area contributed by atoms with Crippen LogP contribution in [0.3, 0.4) is 0 Å². The minimum Gasteiger partial charge on any atom is -0.504 e. The molecule has 0 saturated carbocycles. The molecule has 0 aliphatic carbocycles. The van der Waals surface area contributed by atoms with E-state index in [1.807, 2.05) is 42.5 Å². The maximum absolute atomic E-state index is 12.1. The third-order valence-corrected chi connectivity index (χ3v) is 3.63. The monoisotopic (exact) mass is 320 g/mol. The third kappa shape index (κ3) is 3.52. The van der Waals surface area contributed by atoms with Gasteiger partial charge < -0.3 is 10.2 Å². The zero-order chi connectivity index (χ0) is 16.9. The van der Waals surface area contributed by atoms with Crippen molar-refractivity contribution in [2.45, 2.75) is 6.42 Å². The van der Waals surface area contributed by atoms with E-state index >= 15 is 0 Å². The number of hydrazone groups is 1. The summed E-state index contributed by atoms with van der Waals surface area (Å²) in [6.07, 6.45) is 1.62. The molecule has 0 fully saturated rings. The first-order chi connectivity index (χ1) is 11.6. The number of aromatic hydroxyl groups is 2. The molecule has 3 N–H and O–H groups in total. The topological polar surface area (TPSA) is 81.9 Å². The van der Waals surface area contributed by atoms with Gasteiger partial charge in [-0.2, -0.15) is 5.10 Å². The molecule has 0 bridgehead atoms. The summed E-state index contributed by atoms with van der Waals surface area (Å²) >= 11 is 0. The maximum Gasteiger partial charge on any atom is 0.244 e. The molecule has 0 aliphatic heterocycles. The molecule has 24 heavy (non-hydrogen) atoms. The van der Waals surface area contributed by atoms with Gasteiger partial charge in [-0.3, -0.25) is 4.79 Å². The zero-order valence-corrected chi connectivity index (χ0v) is 12.8. The van der Waals surface area contributed by atoms with Gasteiger partial charge in [0, 0.05) is 0 Å². The minimum absolute atomic E-state index is 0.202. The molecule has 120 valence electrons. The SMILES string of the molecule is O=C(Cc1cccc2ccccc12)N/N=C\c1ccc(O)c(O)c1. The summed E-state index contributed by atoms with van der Waals surface area (Å²) in [5, 5.41) is 24.7.